The summed E-state index contributed by atoms with van der Waals surface area (Å²) in [5, 5.41) is 1.41. The zero-order valence-electron chi connectivity index (χ0n) is 13.0. The lowest BCUT2D eigenvalue weighted by molar-refractivity contribution is 0.156. The molecule has 2 nitrogen and oxygen atoms in total. The van der Waals surface area contributed by atoms with Crippen molar-refractivity contribution in [1.29, 1.82) is 0 Å². The summed E-state index contributed by atoms with van der Waals surface area (Å²) in [6.07, 6.45) is 6.95. The largest absolute Gasteiger partial charge is 0.326 e. The maximum atomic E-state index is 6.00. The summed E-state index contributed by atoms with van der Waals surface area (Å²) in [7, 11) is 0. The van der Waals surface area contributed by atoms with Crippen molar-refractivity contribution >= 4 is 21.4 Å². The molecule has 1 saturated carbocycles. The standard InChI is InChI=1S/C18H26N2S/c1-2-20(14-8-4-3-5-9-14)13-16-15-10-6-7-11-17(15)21-18(16)12-19/h6-7,10-11,14H,2-5,8-9,12-13,19H2,1H3. The number of hydrogen-bond donors (Lipinski definition) is 1. The van der Waals surface area contributed by atoms with E-state index in [-0.39, 0.29) is 0 Å². The molecule has 0 saturated heterocycles. The molecule has 0 spiro atoms. The lowest BCUT2D eigenvalue weighted by atomic mass is 9.93. The van der Waals surface area contributed by atoms with Crippen LogP contribution in [0.25, 0.3) is 10.1 Å². The molecule has 3 rings (SSSR count). The molecule has 1 aliphatic rings. The Morgan fingerprint density at radius 2 is 1.95 bits per heavy atom. The fourth-order valence-corrected chi connectivity index (χ4v) is 4.73. The Labute approximate surface area is 131 Å². The van der Waals surface area contributed by atoms with Gasteiger partial charge in [-0.25, -0.2) is 0 Å². The van der Waals surface area contributed by atoms with E-state index in [9.17, 15) is 0 Å². The molecule has 2 N–H and O–H groups in total. The molecule has 0 atom stereocenters. The van der Waals surface area contributed by atoms with Crippen LogP contribution in [-0.4, -0.2) is 17.5 Å². The fraction of sp³-hybridized carbons (Fsp3) is 0.556. The summed E-state index contributed by atoms with van der Waals surface area (Å²) in [6, 6.07) is 9.53. The van der Waals surface area contributed by atoms with Gasteiger partial charge in [0.2, 0.25) is 0 Å². The van der Waals surface area contributed by atoms with Crippen LogP contribution < -0.4 is 5.73 Å². The zero-order chi connectivity index (χ0) is 14.7. The molecule has 21 heavy (non-hydrogen) atoms. The van der Waals surface area contributed by atoms with E-state index in [1.165, 1.54) is 52.6 Å². The molecule has 2 aromatic rings. The first-order valence-electron chi connectivity index (χ1n) is 8.27. The van der Waals surface area contributed by atoms with Gasteiger partial charge in [-0.15, -0.1) is 11.3 Å². The first-order valence-corrected chi connectivity index (χ1v) is 9.08. The average Bonchev–Trinajstić information content (AvgIpc) is 2.91. The van der Waals surface area contributed by atoms with E-state index < -0.39 is 0 Å². The zero-order valence-corrected chi connectivity index (χ0v) is 13.8. The highest BCUT2D eigenvalue weighted by atomic mass is 32.1. The highest BCUT2D eigenvalue weighted by Crippen LogP contribution is 2.33. The van der Waals surface area contributed by atoms with E-state index in [2.05, 4.69) is 36.1 Å². The van der Waals surface area contributed by atoms with Crippen molar-refractivity contribution in [3.05, 3.63) is 34.7 Å². The number of hydrogen-bond acceptors (Lipinski definition) is 3. The minimum absolute atomic E-state index is 0.664. The normalized spacial score (nSPS) is 16.9. The summed E-state index contributed by atoms with van der Waals surface area (Å²) in [6.45, 7) is 5.17. The van der Waals surface area contributed by atoms with Crippen LogP contribution in [0.2, 0.25) is 0 Å². The number of nitrogens with two attached hydrogens (primary N) is 1. The van der Waals surface area contributed by atoms with E-state index in [0.717, 1.165) is 19.1 Å². The fourth-order valence-electron chi connectivity index (χ4n) is 3.64. The van der Waals surface area contributed by atoms with Crippen molar-refractivity contribution in [2.75, 3.05) is 6.54 Å². The van der Waals surface area contributed by atoms with Crippen LogP contribution in [-0.2, 0) is 13.1 Å². The quantitative estimate of drug-likeness (QED) is 0.880. The summed E-state index contributed by atoms with van der Waals surface area (Å²) in [4.78, 5) is 4.04. The summed E-state index contributed by atoms with van der Waals surface area (Å²) in [5.74, 6) is 0. The van der Waals surface area contributed by atoms with E-state index in [1.807, 2.05) is 11.3 Å². The van der Waals surface area contributed by atoms with Gasteiger partial charge < -0.3 is 5.73 Å². The molecule has 3 heteroatoms. The molecule has 1 aromatic carbocycles. The number of fused-ring (bicyclic) bond motifs is 1. The van der Waals surface area contributed by atoms with Gasteiger partial charge in [0, 0.05) is 28.7 Å². The van der Waals surface area contributed by atoms with Gasteiger partial charge in [0.15, 0.2) is 0 Å². The predicted molar refractivity (Wildman–Crippen MR) is 92.7 cm³/mol. The molecule has 0 unspecified atom stereocenters. The van der Waals surface area contributed by atoms with Gasteiger partial charge in [-0.05, 0) is 36.4 Å². The smallest absolute Gasteiger partial charge is 0.0349 e. The van der Waals surface area contributed by atoms with Crippen LogP contribution in [0, 0.1) is 0 Å². The molecule has 114 valence electrons. The van der Waals surface area contributed by atoms with Crippen LogP contribution in [0.4, 0.5) is 0 Å². The third kappa shape index (κ3) is 3.15. The SMILES string of the molecule is CCN(Cc1c(CN)sc2ccccc12)C1CCCCC1. The number of rotatable bonds is 5. The molecule has 0 aliphatic heterocycles. The summed E-state index contributed by atoms with van der Waals surface area (Å²) < 4.78 is 1.38. The molecular formula is C18H26N2S. The third-order valence-corrected chi connectivity index (χ3v) is 6.06. The Bertz CT molecular complexity index is 584. The molecule has 0 bridgehead atoms. The lowest BCUT2D eigenvalue weighted by Gasteiger charge is -2.33. The minimum atomic E-state index is 0.664. The number of thiophene rings is 1. The lowest BCUT2D eigenvalue weighted by Crippen LogP contribution is -2.36. The summed E-state index contributed by atoms with van der Waals surface area (Å²) >= 11 is 1.87. The molecule has 1 fully saturated rings. The van der Waals surface area contributed by atoms with Crippen LogP contribution in [0.15, 0.2) is 24.3 Å². The van der Waals surface area contributed by atoms with Crippen molar-refractivity contribution in [2.45, 2.75) is 58.2 Å². The first-order chi connectivity index (χ1) is 10.3. The molecule has 1 aliphatic carbocycles. The highest BCUT2D eigenvalue weighted by molar-refractivity contribution is 7.19. The predicted octanol–water partition coefficient (Wildman–Crippen LogP) is 4.51. The Morgan fingerprint density at radius 1 is 1.19 bits per heavy atom. The van der Waals surface area contributed by atoms with Gasteiger partial charge in [0.1, 0.15) is 0 Å². The third-order valence-electron chi connectivity index (χ3n) is 4.83. The maximum Gasteiger partial charge on any atom is 0.0349 e. The van der Waals surface area contributed by atoms with E-state index in [1.54, 1.807) is 0 Å². The van der Waals surface area contributed by atoms with E-state index in [0.29, 0.717) is 6.54 Å². The van der Waals surface area contributed by atoms with Crippen LogP contribution >= 0.6 is 11.3 Å². The van der Waals surface area contributed by atoms with Crippen molar-refractivity contribution < 1.29 is 0 Å². The van der Waals surface area contributed by atoms with Gasteiger partial charge in [0.05, 0.1) is 0 Å². The monoisotopic (exact) mass is 302 g/mol. The Hall–Kier alpha value is -0.900. The van der Waals surface area contributed by atoms with Crippen molar-refractivity contribution in [1.82, 2.24) is 4.90 Å². The van der Waals surface area contributed by atoms with Gasteiger partial charge in [-0.1, -0.05) is 44.4 Å². The summed E-state index contributed by atoms with van der Waals surface area (Å²) in [5.41, 5.74) is 7.48. The molecular weight excluding hydrogens is 276 g/mol. The second-order valence-electron chi connectivity index (χ2n) is 6.06. The van der Waals surface area contributed by atoms with Gasteiger partial charge in [0.25, 0.3) is 0 Å². The molecule has 0 amide bonds. The van der Waals surface area contributed by atoms with Crippen molar-refractivity contribution in [2.24, 2.45) is 5.73 Å². The van der Waals surface area contributed by atoms with E-state index >= 15 is 0 Å². The Balaban J connectivity index is 1.88. The first kappa shape index (κ1) is 15.0. The average molecular weight is 302 g/mol. The maximum absolute atomic E-state index is 6.00. The van der Waals surface area contributed by atoms with Crippen LogP contribution in [0.1, 0.15) is 49.5 Å². The second-order valence-corrected chi connectivity index (χ2v) is 7.20. The second kappa shape index (κ2) is 6.91. The number of benzene rings is 1. The topological polar surface area (TPSA) is 29.3 Å². The molecule has 1 aromatic heterocycles. The Kier molecular flexibility index (Phi) is 4.94. The van der Waals surface area contributed by atoms with Crippen LogP contribution in [0.3, 0.4) is 0 Å². The number of nitrogens with zero attached hydrogens (tertiary/aromatic N) is 1. The molecule has 1 heterocycles. The minimum Gasteiger partial charge on any atom is -0.326 e. The van der Waals surface area contributed by atoms with Gasteiger partial charge >= 0.3 is 0 Å². The highest BCUT2D eigenvalue weighted by Gasteiger charge is 2.22. The van der Waals surface area contributed by atoms with Gasteiger partial charge in [-0.2, -0.15) is 0 Å². The van der Waals surface area contributed by atoms with Gasteiger partial charge in [-0.3, -0.25) is 4.90 Å². The van der Waals surface area contributed by atoms with E-state index in [4.69, 9.17) is 5.73 Å². The Morgan fingerprint density at radius 3 is 2.67 bits per heavy atom. The van der Waals surface area contributed by atoms with Crippen molar-refractivity contribution in [3.8, 4) is 0 Å². The molecule has 0 radical (unpaired) electrons. The van der Waals surface area contributed by atoms with Crippen LogP contribution in [0.5, 0.6) is 0 Å². The van der Waals surface area contributed by atoms with Crippen molar-refractivity contribution in [3.63, 3.8) is 0 Å².